The number of hydrogen-bond acceptors (Lipinski definition) is 3. The first-order valence-electron chi connectivity index (χ1n) is 4.62. The summed E-state index contributed by atoms with van der Waals surface area (Å²) in [6.07, 6.45) is 1.94. The van der Waals surface area contributed by atoms with Crippen LogP contribution in [0.5, 0.6) is 0 Å². The van der Waals surface area contributed by atoms with Crippen LogP contribution in [-0.2, 0) is 4.79 Å². The summed E-state index contributed by atoms with van der Waals surface area (Å²) in [6, 6.07) is 7.49. The van der Waals surface area contributed by atoms with Gasteiger partial charge in [0.1, 0.15) is 5.60 Å². The quantitative estimate of drug-likeness (QED) is 0.775. The lowest BCUT2D eigenvalue weighted by Crippen LogP contribution is -2.36. The van der Waals surface area contributed by atoms with Crippen molar-refractivity contribution >= 4 is 23.4 Å². The fourth-order valence-electron chi connectivity index (χ4n) is 1.02. The fourth-order valence-corrected chi connectivity index (χ4v) is 1.58. The van der Waals surface area contributed by atoms with Crippen LogP contribution >= 0.6 is 11.8 Å². The molecule has 15 heavy (non-hydrogen) atoms. The summed E-state index contributed by atoms with van der Waals surface area (Å²) in [5.41, 5.74) is -0.622. The number of hydrogen-bond donors (Lipinski definition) is 2. The maximum Gasteiger partial charge on any atom is 0.255 e. The van der Waals surface area contributed by atoms with Crippen molar-refractivity contribution in [2.75, 3.05) is 11.6 Å². The monoisotopic (exact) mass is 225 g/mol. The van der Waals surface area contributed by atoms with Crippen LogP contribution in [0.2, 0.25) is 0 Å². The number of rotatable bonds is 3. The molecule has 2 N–H and O–H groups in total. The van der Waals surface area contributed by atoms with Gasteiger partial charge < -0.3 is 10.4 Å². The van der Waals surface area contributed by atoms with Crippen LogP contribution in [-0.4, -0.2) is 22.9 Å². The average Bonchev–Trinajstić information content (AvgIpc) is 2.17. The number of carbonyl (C=O) groups is 1. The first kappa shape index (κ1) is 12.1. The molecule has 1 aromatic rings. The predicted molar refractivity (Wildman–Crippen MR) is 63.2 cm³/mol. The van der Waals surface area contributed by atoms with E-state index in [1.807, 2.05) is 30.5 Å². The number of carbonyl (C=O) groups excluding carboxylic acids is 1. The second kappa shape index (κ2) is 4.68. The third-order valence-electron chi connectivity index (χ3n) is 1.91. The van der Waals surface area contributed by atoms with E-state index >= 15 is 0 Å². The molecule has 0 aliphatic carbocycles. The van der Waals surface area contributed by atoms with Crippen molar-refractivity contribution in [1.82, 2.24) is 0 Å². The maximum absolute atomic E-state index is 11.5. The molecule has 0 heterocycles. The minimum Gasteiger partial charge on any atom is -0.381 e. The summed E-state index contributed by atoms with van der Waals surface area (Å²) >= 11 is 1.55. The third kappa shape index (κ3) is 3.25. The number of nitrogens with one attached hydrogen (secondary N) is 1. The van der Waals surface area contributed by atoms with Gasteiger partial charge >= 0.3 is 0 Å². The van der Waals surface area contributed by atoms with Crippen molar-refractivity contribution in [2.45, 2.75) is 24.3 Å². The van der Waals surface area contributed by atoms with Gasteiger partial charge in [0.2, 0.25) is 0 Å². The van der Waals surface area contributed by atoms with Crippen molar-refractivity contribution in [1.29, 1.82) is 0 Å². The molecule has 3 nitrogen and oxygen atoms in total. The number of benzene rings is 1. The van der Waals surface area contributed by atoms with E-state index in [4.69, 9.17) is 0 Å². The van der Waals surface area contributed by atoms with Crippen LogP contribution in [0.15, 0.2) is 29.2 Å². The summed E-state index contributed by atoms with van der Waals surface area (Å²) in [5.74, 6) is -0.399. The number of thioether (sulfide) groups is 1. The summed E-state index contributed by atoms with van der Waals surface area (Å²) in [4.78, 5) is 12.5. The fraction of sp³-hybridized carbons (Fsp3) is 0.364. The molecule has 0 aromatic heterocycles. The summed E-state index contributed by atoms with van der Waals surface area (Å²) in [7, 11) is 0. The van der Waals surface area contributed by atoms with E-state index in [0.717, 1.165) is 10.6 Å². The van der Waals surface area contributed by atoms with Crippen LogP contribution in [0.3, 0.4) is 0 Å². The third-order valence-corrected chi connectivity index (χ3v) is 2.71. The molecule has 0 unspecified atom stereocenters. The Morgan fingerprint density at radius 1 is 1.40 bits per heavy atom. The molecule has 1 rings (SSSR count). The van der Waals surface area contributed by atoms with Crippen molar-refractivity contribution in [3.8, 4) is 0 Å². The van der Waals surface area contributed by atoms with Crippen LogP contribution in [0, 0.1) is 0 Å². The molecule has 0 saturated carbocycles. The molecule has 0 bridgehead atoms. The summed E-state index contributed by atoms with van der Waals surface area (Å²) in [5, 5.41) is 12.2. The van der Waals surface area contributed by atoms with Crippen LogP contribution < -0.4 is 5.32 Å². The Morgan fingerprint density at radius 3 is 2.53 bits per heavy atom. The van der Waals surface area contributed by atoms with Gasteiger partial charge in [-0.3, -0.25) is 4.79 Å². The zero-order valence-electron chi connectivity index (χ0n) is 9.07. The SMILES string of the molecule is CSc1ccccc1NC(=O)C(C)(C)O. The molecule has 82 valence electrons. The van der Waals surface area contributed by atoms with Gasteiger partial charge in [0, 0.05) is 4.90 Å². The number of anilines is 1. The molecule has 0 fully saturated rings. The molecule has 0 radical (unpaired) electrons. The molecule has 0 aliphatic rings. The van der Waals surface area contributed by atoms with Gasteiger partial charge in [0.05, 0.1) is 5.69 Å². The zero-order chi connectivity index (χ0) is 11.5. The molecule has 1 amide bonds. The van der Waals surface area contributed by atoms with Gasteiger partial charge in [0.15, 0.2) is 0 Å². The van der Waals surface area contributed by atoms with E-state index in [1.165, 1.54) is 13.8 Å². The average molecular weight is 225 g/mol. The molecule has 0 spiro atoms. The van der Waals surface area contributed by atoms with Gasteiger partial charge in [-0.05, 0) is 32.2 Å². The van der Waals surface area contributed by atoms with E-state index in [2.05, 4.69) is 5.32 Å². The smallest absolute Gasteiger partial charge is 0.255 e. The highest BCUT2D eigenvalue weighted by atomic mass is 32.2. The van der Waals surface area contributed by atoms with Crippen molar-refractivity contribution in [2.24, 2.45) is 0 Å². The molecule has 0 aliphatic heterocycles. The second-order valence-corrected chi connectivity index (χ2v) is 4.56. The van der Waals surface area contributed by atoms with Gasteiger partial charge in [-0.1, -0.05) is 12.1 Å². The Kier molecular flexibility index (Phi) is 3.77. The Balaban J connectivity index is 2.85. The van der Waals surface area contributed by atoms with Gasteiger partial charge in [-0.25, -0.2) is 0 Å². The van der Waals surface area contributed by atoms with E-state index < -0.39 is 11.5 Å². The van der Waals surface area contributed by atoms with Crippen LogP contribution in [0.25, 0.3) is 0 Å². The normalized spacial score (nSPS) is 11.2. The van der Waals surface area contributed by atoms with Crippen molar-refractivity contribution in [3.63, 3.8) is 0 Å². The van der Waals surface area contributed by atoms with E-state index in [9.17, 15) is 9.90 Å². The minimum atomic E-state index is -1.36. The number of para-hydroxylation sites is 1. The summed E-state index contributed by atoms with van der Waals surface area (Å²) in [6.45, 7) is 2.92. The Labute approximate surface area is 93.9 Å². The van der Waals surface area contributed by atoms with Gasteiger partial charge in [0.25, 0.3) is 5.91 Å². The first-order chi connectivity index (χ1) is 6.95. The van der Waals surface area contributed by atoms with Crippen molar-refractivity contribution in [3.05, 3.63) is 24.3 Å². The molecule has 4 heteroatoms. The minimum absolute atomic E-state index is 0.399. The Morgan fingerprint density at radius 2 is 2.00 bits per heavy atom. The molecule has 0 atom stereocenters. The topological polar surface area (TPSA) is 49.3 Å². The Hall–Kier alpha value is -1.00. The largest absolute Gasteiger partial charge is 0.381 e. The molecular formula is C11H15NO2S. The van der Waals surface area contributed by atoms with E-state index in [1.54, 1.807) is 11.8 Å². The number of amides is 1. The standard InChI is InChI=1S/C11H15NO2S/c1-11(2,14)10(13)12-8-6-4-5-7-9(8)15-3/h4-7,14H,1-3H3,(H,12,13). The lowest BCUT2D eigenvalue weighted by atomic mass is 10.1. The van der Waals surface area contributed by atoms with Crippen LogP contribution in [0.1, 0.15) is 13.8 Å². The lowest BCUT2D eigenvalue weighted by Gasteiger charge is -2.17. The molecule has 0 saturated heterocycles. The van der Waals surface area contributed by atoms with E-state index in [-0.39, 0.29) is 0 Å². The van der Waals surface area contributed by atoms with Crippen molar-refractivity contribution < 1.29 is 9.90 Å². The van der Waals surface area contributed by atoms with Gasteiger partial charge in [-0.2, -0.15) is 0 Å². The zero-order valence-corrected chi connectivity index (χ0v) is 9.89. The number of aliphatic hydroxyl groups is 1. The lowest BCUT2D eigenvalue weighted by molar-refractivity contribution is -0.130. The highest BCUT2D eigenvalue weighted by Gasteiger charge is 2.24. The highest BCUT2D eigenvalue weighted by Crippen LogP contribution is 2.25. The van der Waals surface area contributed by atoms with Crippen LogP contribution in [0.4, 0.5) is 5.69 Å². The second-order valence-electron chi connectivity index (χ2n) is 3.71. The first-order valence-corrected chi connectivity index (χ1v) is 5.84. The highest BCUT2D eigenvalue weighted by molar-refractivity contribution is 7.98. The van der Waals surface area contributed by atoms with E-state index in [0.29, 0.717) is 0 Å². The van der Waals surface area contributed by atoms with Gasteiger partial charge in [-0.15, -0.1) is 11.8 Å². The predicted octanol–water partition coefficient (Wildman–Crippen LogP) is 2.12. The summed E-state index contributed by atoms with van der Waals surface area (Å²) < 4.78 is 0. The maximum atomic E-state index is 11.5. The Bertz CT molecular complexity index is 358. The molecular weight excluding hydrogens is 210 g/mol. The molecule has 1 aromatic carbocycles.